The fraction of sp³-hybridized carbons (Fsp3) is 0.143. The highest BCUT2D eigenvalue weighted by atomic mass is 16.3. The Balaban J connectivity index is 2.40. The molecule has 3 rings (SSSR count). The van der Waals surface area contributed by atoms with E-state index in [-0.39, 0.29) is 0 Å². The highest BCUT2D eigenvalue weighted by Crippen LogP contribution is 2.30. The van der Waals surface area contributed by atoms with Crippen LogP contribution in [-0.2, 0) is 0 Å². The first kappa shape index (κ1) is 9.43. The minimum Gasteiger partial charge on any atom is -0.456 e. The molecule has 0 aliphatic rings. The Hall–Kier alpha value is -1.80. The molecule has 80 valence electrons. The molecule has 0 saturated heterocycles. The van der Waals surface area contributed by atoms with Crippen LogP contribution >= 0.6 is 0 Å². The van der Waals surface area contributed by atoms with E-state index in [0.29, 0.717) is 0 Å². The average Bonchev–Trinajstić information content (AvgIpc) is 2.66. The van der Waals surface area contributed by atoms with E-state index in [9.17, 15) is 5.11 Å². The number of benzene rings is 2. The lowest BCUT2D eigenvalue weighted by atomic mass is 10.1. The summed E-state index contributed by atoms with van der Waals surface area (Å²) in [7, 11) is 0. The maximum atomic E-state index is 9.56. The second kappa shape index (κ2) is 3.35. The predicted octanol–water partition coefficient (Wildman–Crippen LogP) is 3.64. The van der Waals surface area contributed by atoms with E-state index in [4.69, 9.17) is 4.42 Å². The van der Waals surface area contributed by atoms with Gasteiger partial charge in [-0.25, -0.2) is 0 Å². The Bertz CT molecular complexity index is 650. The van der Waals surface area contributed by atoms with Gasteiger partial charge in [-0.15, -0.1) is 0 Å². The zero-order valence-corrected chi connectivity index (χ0v) is 8.97. The third kappa shape index (κ3) is 1.31. The van der Waals surface area contributed by atoms with Crippen molar-refractivity contribution in [3.63, 3.8) is 0 Å². The molecule has 0 aliphatic carbocycles. The van der Waals surface area contributed by atoms with E-state index in [0.717, 1.165) is 27.5 Å². The van der Waals surface area contributed by atoms with Gasteiger partial charge in [-0.1, -0.05) is 24.3 Å². The molecule has 0 radical (unpaired) electrons. The van der Waals surface area contributed by atoms with Gasteiger partial charge in [0.25, 0.3) is 0 Å². The summed E-state index contributed by atoms with van der Waals surface area (Å²) in [5, 5.41) is 11.7. The van der Waals surface area contributed by atoms with E-state index >= 15 is 0 Å². The fourth-order valence-electron chi connectivity index (χ4n) is 2.00. The van der Waals surface area contributed by atoms with Gasteiger partial charge in [-0.3, -0.25) is 0 Å². The van der Waals surface area contributed by atoms with E-state index in [2.05, 4.69) is 0 Å². The molecule has 1 atom stereocenters. The molecular weight excluding hydrogens is 200 g/mol. The second-order valence-electron chi connectivity index (χ2n) is 4.03. The quantitative estimate of drug-likeness (QED) is 0.668. The Labute approximate surface area is 93.1 Å². The lowest BCUT2D eigenvalue weighted by Crippen LogP contribution is -1.89. The topological polar surface area (TPSA) is 33.4 Å². The van der Waals surface area contributed by atoms with Crippen LogP contribution < -0.4 is 0 Å². The molecule has 3 aromatic rings. The van der Waals surface area contributed by atoms with Crippen molar-refractivity contribution < 1.29 is 9.52 Å². The van der Waals surface area contributed by atoms with Crippen LogP contribution in [0.3, 0.4) is 0 Å². The van der Waals surface area contributed by atoms with Crippen LogP contribution in [0.5, 0.6) is 0 Å². The monoisotopic (exact) mass is 212 g/mol. The average molecular weight is 212 g/mol. The van der Waals surface area contributed by atoms with Crippen LogP contribution in [0.4, 0.5) is 0 Å². The van der Waals surface area contributed by atoms with E-state index in [1.807, 2.05) is 42.5 Å². The molecule has 2 nitrogen and oxygen atoms in total. The van der Waals surface area contributed by atoms with Gasteiger partial charge in [0, 0.05) is 10.8 Å². The van der Waals surface area contributed by atoms with Crippen molar-refractivity contribution >= 4 is 21.9 Å². The van der Waals surface area contributed by atoms with Gasteiger partial charge in [0.2, 0.25) is 0 Å². The summed E-state index contributed by atoms with van der Waals surface area (Å²) in [5.41, 5.74) is 2.67. The molecule has 0 amide bonds. The minimum atomic E-state index is -0.446. The molecule has 1 aromatic heterocycles. The first-order valence-corrected chi connectivity index (χ1v) is 5.35. The van der Waals surface area contributed by atoms with Crippen LogP contribution in [0.1, 0.15) is 18.6 Å². The number of furan rings is 1. The van der Waals surface area contributed by atoms with E-state index < -0.39 is 6.10 Å². The zero-order valence-electron chi connectivity index (χ0n) is 8.97. The molecule has 1 N–H and O–H groups in total. The number of hydrogen-bond acceptors (Lipinski definition) is 2. The summed E-state index contributed by atoms with van der Waals surface area (Å²) in [5.74, 6) is 0. The molecule has 0 spiro atoms. The SMILES string of the molecule is CC(O)c1ccc2oc3ccccc3c2c1. The Morgan fingerprint density at radius 3 is 2.56 bits per heavy atom. The Morgan fingerprint density at radius 2 is 1.75 bits per heavy atom. The number of para-hydroxylation sites is 1. The zero-order chi connectivity index (χ0) is 11.1. The summed E-state index contributed by atoms with van der Waals surface area (Å²) in [6.07, 6.45) is -0.446. The maximum absolute atomic E-state index is 9.56. The van der Waals surface area contributed by atoms with E-state index in [1.165, 1.54) is 0 Å². The normalized spacial score (nSPS) is 13.4. The first-order chi connectivity index (χ1) is 7.75. The number of rotatable bonds is 1. The molecule has 1 heterocycles. The van der Waals surface area contributed by atoms with Gasteiger partial charge in [0.1, 0.15) is 11.2 Å². The van der Waals surface area contributed by atoms with Gasteiger partial charge in [0.15, 0.2) is 0 Å². The van der Waals surface area contributed by atoms with Gasteiger partial charge < -0.3 is 9.52 Å². The van der Waals surface area contributed by atoms with Gasteiger partial charge in [-0.2, -0.15) is 0 Å². The lowest BCUT2D eigenvalue weighted by Gasteiger charge is -2.03. The number of aliphatic hydroxyl groups excluding tert-OH is 1. The van der Waals surface area contributed by atoms with Crippen molar-refractivity contribution in [2.75, 3.05) is 0 Å². The van der Waals surface area contributed by atoms with Crippen LogP contribution in [0.25, 0.3) is 21.9 Å². The molecule has 2 aromatic carbocycles. The molecule has 0 fully saturated rings. The standard InChI is InChI=1S/C14H12O2/c1-9(15)10-6-7-14-12(8-10)11-4-2-3-5-13(11)16-14/h2-9,15H,1H3. The van der Waals surface area contributed by atoms with Crippen molar-refractivity contribution in [2.24, 2.45) is 0 Å². The maximum Gasteiger partial charge on any atom is 0.135 e. The lowest BCUT2D eigenvalue weighted by molar-refractivity contribution is 0.199. The molecule has 2 heteroatoms. The largest absolute Gasteiger partial charge is 0.456 e. The van der Waals surface area contributed by atoms with E-state index in [1.54, 1.807) is 6.92 Å². The molecule has 0 bridgehead atoms. The molecule has 0 aliphatic heterocycles. The third-order valence-corrected chi connectivity index (χ3v) is 2.88. The Morgan fingerprint density at radius 1 is 1.00 bits per heavy atom. The summed E-state index contributed by atoms with van der Waals surface area (Å²) in [6, 6.07) is 13.7. The van der Waals surface area contributed by atoms with Crippen LogP contribution in [0, 0.1) is 0 Å². The molecular formula is C14H12O2. The summed E-state index contributed by atoms with van der Waals surface area (Å²) >= 11 is 0. The first-order valence-electron chi connectivity index (χ1n) is 5.35. The molecule has 16 heavy (non-hydrogen) atoms. The fourth-order valence-corrected chi connectivity index (χ4v) is 2.00. The minimum absolute atomic E-state index is 0.446. The van der Waals surface area contributed by atoms with Crippen LogP contribution in [-0.4, -0.2) is 5.11 Å². The van der Waals surface area contributed by atoms with Crippen LogP contribution in [0.15, 0.2) is 46.9 Å². The van der Waals surface area contributed by atoms with Crippen molar-refractivity contribution in [3.8, 4) is 0 Å². The summed E-state index contributed by atoms with van der Waals surface area (Å²) < 4.78 is 5.71. The number of aliphatic hydroxyl groups is 1. The van der Waals surface area contributed by atoms with Gasteiger partial charge in [0.05, 0.1) is 6.10 Å². The van der Waals surface area contributed by atoms with Crippen molar-refractivity contribution in [2.45, 2.75) is 13.0 Å². The molecule has 1 unspecified atom stereocenters. The van der Waals surface area contributed by atoms with Crippen molar-refractivity contribution in [3.05, 3.63) is 48.0 Å². The van der Waals surface area contributed by atoms with Gasteiger partial charge in [-0.05, 0) is 30.7 Å². The van der Waals surface area contributed by atoms with Crippen molar-refractivity contribution in [1.29, 1.82) is 0 Å². The van der Waals surface area contributed by atoms with Crippen LogP contribution in [0.2, 0.25) is 0 Å². The number of fused-ring (bicyclic) bond motifs is 3. The second-order valence-corrected chi connectivity index (χ2v) is 4.03. The highest BCUT2D eigenvalue weighted by molar-refractivity contribution is 6.04. The predicted molar refractivity (Wildman–Crippen MR) is 64.4 cm³/mol. The summed E-state index contributed by atoms with van der Waals surface area (Å²) in [4.78, 5) is 0. The smallest absolute Gasteiger partial charge is 0.135 e. The highest BCUT2D eigenvalue weighted by Gasteiger charge is 2.08. The third-order valence-electron chi connectivity index (χ3n) is 2.88. The Kier molecular flexibility index (Phi) is 1.98. The van der Waals surface area contributed by atoms with Gasteiger partial charge >= 0.3 is 0 Å². The number of hydrogen-bond donors (Lipinski definition) is 1. The van der Waals surface area contributed by atoms with Crippen molar-refractivity contribution in [1.82, 2.24) is 0 Å². The molecule has 0 saturated carbocycles. The summed E-state index contributed by atoms with van der Waals surface area (Å²) in [6.45, 7) is 1.77.